The molecule has 0 saturated carbocycles. The first-order valence-electron chi connectivity index (χ1n) is 6.59. The SMILES string of the molecule is COc1c(C)cc(C)cc1CCN(C)CC(O)CO. The highest BCUT2D eigenvalue weighted by Gasteiger charge is 2.10. The molecule has 1 atom stereocenters. The van der Waals surface area contributed by atoms with Gasteiger partial charge < -0.3 is 19.8 Å². The predicted octanol–water partition coefficient (Wildman–Crippen LogP) is 1.14. The zero-order chi connectivity index (χ0) is 14.4. The molecule has 0 radical (unpaired) electrons. The summed E-state index contributed by atoms with van der Waals surface area (Å²) >= 11 is 0. The summed E-state index contributed by atoms with van der Waals surface area (Å²) in [5.41, 5.74) is 3.56. The first kappa shape index (κ1) is 16.0. The fourth-order valence-electron chi connectivity index (χ4n) is 2.34. The Hall–Kier alpha value is -1.10. The van der Waals surface area contributed by atoms with E-state index in [1.54, 1.807) is 7.11 Å². The lowest BCUT2D eigenvalue weighted by Gasteiger charge is -2.20. The third-order valence-corrected chi connectivity index (χ3v) is 3.20. The summed E-state index contributed by atoms with van der Waals surface area (Å²) in [7, 11) is 3.63. The van der Waals surface area contributed by atoms with E-state index in [2.05, 4.69) is 26.0 Å². The monoisotopic (exact) mass is 267 g/mol. The number of hydrogen-bond donors (Lipinski definition) is 2. The minimum Gasteiger partial charge on any atom is -0.496 e. The van der Waals surface area contributed by atoms with Gasteiger partial charge in [-0.2, -0.15) is 0 Å². The predicted molar refractivity (Wildman–Crippen MR) is 76.8 cm³/mol. The molecule has 0 aliphatic carbocycles. The van der Waals surface area contributed by atoms with Crippen LogP contribution in [-0.2, 0) is 6.42 Å². The van der Waals surface area contributed by atoms with E-state index in [1.165, 1.54) is 11.1 Å². The van der Waals surface area contributed by atoms with Crippen molar-refractivity contribution in [1.29, 1.82) is 0 Å². The second-order valence-corrected chi connectivity index (χ2v) is 5.12. The number of nitrogens with zero attached hydrogens (tertiary/aromatic N) is 1. The first-order chi connectivity index (χ1) is 8.97. The van der Waals surface area contributed by atoms with E-state index in [-0.39, 0.29) is 6.61 Å². The Labute approximate surface area is 115 Å². The van der Waals surface area contributed by atoms with Crippen LogP contribution in [0.15, 0.2) is 12.1 Å². The van der Waals surface area contributed by atoms with E-state index in [9.17, 15) is 5.11 Å². The molecule has 0 saturated heterocycles. The molecule has 0 aliphatic heterocycles. The van der Waals surface area contributed by atoms with Crippen LogP contribution in [-0.4, -0.2) is 55.1 Å². The second-order valence-electron chi connectivity index (χ2n) is 5.12. The van der Waals surface area contributed by atoms with Crippen LogP contribution in [0.3, 0.4) is 0 Å². The fourth-order valence-corrected chi connectivity index (χ4v) is 2.34. The highest BCUT2D eigenvalue weighted by molar-refractivity contribution is 5.43. The number of benzene rings is 1. The molecular weight excluding hydrogens is 242 g/mol. The van der Waals surface area contributed by atoms with Crippen molar-refractivity contribution in [2.24, 2.45) is 0 Å². The molecule has 1 rings (SSSR count). The van der Waals surface area contributed by atoms with Crippen LogP contribution < -0.4 is 4.74 Å². The van der Waals surface area contributed by atoms with Gasteiger partial charge in [0.2, 0.25) is 0 Å². The van der Waals surface area contributed by atoms with Crippen LogP contribution in [0, 0.1) is 13.8 Å². The summed E-state index contributed by atoms with van der Waals surface area (Å²) in [6, 6.07) is 4.25. The van der Waals surface area contributed by atoms with E-state index in [0.29, 0.717) is 6.54 Å². The van der Waals surface area contributed by atoms with Crippen LogP contribution in [0.1, 0.15) is 16.7 Å². The van der Waals surface area contributed by atoms with Crippen LogP contribution >= 0.6 is 0 Å². The summed E-state index contributed by atoms with van der Waals surface area (Å²) in [6.45, 7) is 5.22. The number of aliphatic hydroxyl groups excluding tert-OH is 2. The Morgan fingerprint density at radius 1 is 1.32 bits per heavy atom. The lowest BCUT2D eigenvalue weighted by atomic mass is 10.0. The molecular formula is C15H25NO3. The quantitative estimate of drug-likeness (QED) is 0.778. The van der Waals surface area contributed by atoms with Crippen molar-refractivity contribution in [3.05, 3.63) is 28.8 Å². The number of hydrogen-bond acceptors (Lipinski definition) is 4. The average molecular weight is 267 g/mol. The number of aliphatic hydroxyl groups is 2. The zero-order valence-corrected chi connectivity index (χ0v) is 12.3. The largest absolute Gasteiger partial charge is 0.496 e. The Kier molecular flexibility index (Phi) is 6.28. The van der Waals surface area contributed by atoms with Crippen molar-refractivity contribution in [3.8, 4) is 5.75 Å². The summed E-state index contributed by atoms with van der Waals surface area (Å²) < 4.78 is 5.46. The highest BCUT2D eigenvalue weighted by Crippen LogP contribution is 2.25. The van der Waals surface area contributed by atoms with Crippen molar-refractivity contribution in [1.82, 2.24) is 4.90 Å². The smallest absolute Gasteiger partial charge is 0.125 e. The number of rotatable bonds is 7. The van der Waals surface area contributed by atoms with E-state index >= 15 is 0 Å². The number of likely N-dealkylation sites (N-methyl/N-ethyl adjacent to an activating group) is 1. The van der Waals surface area contributed by atoms with Crippen LogP contribution in [0.5, 0.6) is 5.75 Å². The number of methoxy groups -OCH3 is 1. The summed E-state index contributed by atoms with van der Waals surface area (Å²) in [5, 5.41) is 18.2. The van der Waals surface area contributed by atoms with Gasteiger partial charge in [-0.15, -0.1) is 0 Å². The molecule has 0 heterocycles. The third kappa shape index (κ3) is 4.82. The van der Waals surface area contributed by atoms with Crippen molar-refractivity contribution in [2.75, 3.05) is 33.9 Å². The first-order valence-corrected chi connectivity index (χ1v) is 6.59. The molecule has 0 aliphatic rings. The second kappa shape index (κ2) is 7.48. The zero-order valence-electron chi connectivity index (χ0n) is 12.3. The molecule has 1 aromatic carbocycles. The maximum atomic E-state index is 9.40. The molecule has 108 valence electrons. The van der Waals surface area contributed by atoms with Crippen molar-refractivity contribution in [2.45, 2.75) is 26.4 Å². The summed E-state index contributed by atoms with van der Waals surface area (Å²) in [6.07, 6.45) is 0.187. The Morgan fingerprint density at radius 2 is 2.00 bits per heavy atom. The van der Waals surface area contributed by atoms with Gasteiger partial charge >= 0.3 is 0 Å². The van der Waals surface area contributed by atoms with Gasteiger partial charge in [0.05, 0.1) is 19.8 Å². The molecule has 19 heavy (non-hydrogen) atoms. The lowest BCUT2D eigenvalue weighted by molar-refractivity contribution is 0.0669. The lowest BCUT2D eigenvalue weighted by Crippen LogP contribution is -2.32. The van der Waals surface area contributed by atoms with Gasteiger partial charge in [-0.1, -0.05) is 17.7 Å². The standard InChI is InChI=1S/C15H25NO3/c1-11-7-12(2)15(19-4)13(8-11)5-6-16(3)9-14(18)10-17/h7-8,14,17-18H,5-6,9-10H2,1-4H3. The van der Waals surface area contributed by atoms with Crippen LogP contribution in [0.2, 0.25) is 0 Å². The average Bonchev–Trinajstić information content (AvgIpc) is 2.35. The van der Waals surface area contributed by atoms with Crippen molar-refractivity contribution < 1.29 is 14.9 Å². The van der Waals surface area contributed by atoms with Crippen LogP contribution in [0.4, 0.5) is 0 Å². The molecule has 0 fully saturated rings. The highest BCUT2D eigenvalue weighted by atomic mass is 16.5. The molecule has 0 amide bonds. The van der Waals surface area contributed by atoms with Gasteiger partial charge in [-0.25, -0.2) is 0 Å². The van der Waals surface area contributed by atoms with Crippen LogP contribution in [0.25, 0.3) is 0 Å². The number of ether oxygens (including phenoxy) is 1. The van der Waals surface area contributed by atoms with Gasteiger partial charge in [-0.3, -0.25) is 0 Å². The molecule has 0 aromatic heterocycles. The summed E-state index contributed by atoms with van der Waals surface area (Å²) in [5.74, 6) is 0.946. The van der Waals surface area contributed by atoms with E-state index < -0.39 is 6.10 Å². The maximum Gasteiger partial charge on any atom is 0.125 e. The molecule has 2 N–H and O–H groups in total. The minimum absolute atomic E-state index is 0.197. The van der Waals surface area contributed by atoms with E-state index in [4.69, 9.17) is 9.84 Å². The Bertz CT molecular complexity index is 407. The van der Waals surface area contributed by atoms with Gasteiger partial charge in [0.15, 0.2) is 0 Å². The summed E-state index contributed by atoms with van der Waals surface area (Å²) in [4.78, 5) is 2.01. The molecule has 0 bridgehead atoms. The van der Waals surface area contributed by atoms with E-state index in [1.807, 2.05) is 11.9 Å². The molecule has 4 nitrogen and oxygen atoms in total. The Balaban J connectivity index is 2.67. The van der Waals surface area contributed by atoms with Crippen molar-refractivity contribution >= 4 is 0 Å². The molecule has 4 heteroatoms. The molecule has 1 unspecified atom stereocenters. The molecule has 1 aromatic rings. The van der Waals surface area contributed by atoms with Crippen molar-refractivity contribution in [3.63, 3.8) is 0 Å². The van der Waals surface area contributed by atoms with Gasteiger partial charge in [-0.05, 0) is 38.4 Å². The normalized spacial score (nSPS) is 12.8. The number of aryl methyl sites for hydroxylation is 2. The van der Waals surface area contributed by atoms with E-state index in [0.717, 1.165) is 24.3 Å². The van der Waals surface area contributed by atoms with Gasteiger partial charge in [0.25, 0.3) is 0 Å². The van der Waals surface area contributed by atoms with Gasteiger partial charge in [0.1, 0.15) is 5.75 Å². The fraction of sp³-hybridized carbons (Fsp3) is 0.600. The Morgan fingerprint density at radius 3 is 2.58 bits per heavy atom. The van der Waals surface area contributed by atoms with Gasteiger partial charge in [0, 0.05) is 13.1 Å². The topological polar surface area (TPSA) is 52.9 Å². The third-order valence-electron chi connectivity index (χ3n) is 3.20. The maximum absolute atomic E-state index is 9.40. The minimum atomic E-state index is -0.675. The molecule has 0 spiro atoms.